The molecule has 0 saturated heterocycles. The normalized spacial score (nSPS) is 11.1. The minimum Gasteiger partial charge on any atom is -0.319 e. The van der Waals surface area contributed by atoms with Crippen LogP contribution in [0.5, 0.6) is 0 Å². The summed E-state index contributed by atoms with van der Waals surface area (Å²) < 4.78 is 5.21. The highest BCUT2D eigenvalue weighted by atomic mass is 32.2. The summed E-state index contributed by atoms with van der Waals surface area (Å²) in [6.07, 6.45) is 1.78. The standard InChI is InChI=1S/C27H30N6O2S/c1-6-16-32-25(21-14-12-20(13-15-21)18(2)3)29-30-27(32)36-17-23(34)28-24-19(4)31(5)33(26(24)35)22-10-8-7-9-11-22/h6-15,18H,1,16-17H2,2-5H3,(H,28,34). The number of carbonyl (C=O) groups is 1. The highest BCUT2D eigenvalue weighted by Crippen LogP contribution is 2.26. The second kappa shape index (κ2) is 10.8. The second-order valence-corrected chi connectivity index (χ2v) is 9.70. The molecule has 2 heterocycles. The van der Waals surface area contributed by atoms with Crippen molar-refractivity contribution >= 4 is 23.4 Å². The SMILES string of the molecule is C=CCn1c(SCC(=O)Nc2c(C)n(C)n(-c3ccccc3)c2=O)nnc1-c1ccc(C(C)C)cc1. The average Bonchev–Trinajstić information content (AvgIpc) is 3.37. The molecule has 4 aromatic rings. The van der Waals surface area contributed by atoms with Gasteiger partial charge >= 0.3 is 0 Å². The first kappa shape index (κ1) is 25.2. The van der Waals surface area contributed by atoms with Gasteiger partial charge in [-0.1, -0.05) is 74.1 Å². The minimum atomic E-state index is -0.290. The molecule has 0 atom stereocenters. The zero-order valence-corrected chi connectivity index (χ0v) is 21.7. The quantitative estimate of drug-likeness (QED) is 0.263. The fourth-order valence-corrected chi connectivity index (χ4v) is 4.69. The predicted octanol–water partition coefficient (Wildman–Crippen LogP) is 4.78. The summed E-state index contributed by atoms with van der Waals surface area (Å²) in [6.45, 7) is 10.5. The van der Waals surface area contributed by atoms with Crippen molar-refractivity contribution in [1.29, 1.82) is 0 Å². The number of thioether (sulfide) groups is 1. The Kier molecular flexibility index (Phi) is 7.59. The molecule has 1 amide bonds. The molecule has 0 aliphatic heterocycles. The molecule has 0 spiro atoms. The van der Waals surface area contributed by atoms with Gasteiger partial charge in [0.05, 0.1) is 17.1 Å². The van der Waals surface area contributed by atoms with Crippen LogP contribution in [0, 0.1) is 6.92 Å². The Morgan fingerprint density at radius 1 is 1.11 bits per heavy atom. The fraction of sp³-hybridized carbons (Fsp3) is 0.259. The van der Waals surface area contributed by atoms with Crippen molar-refractivity contribution in [2.45, 2.75) is 38.4 Å². The Hall–Kier alpha value is -3.85. The van der Waals surface area contributed by atoms with Crippen molar-refractivity contribution < 1.29 is 4.79 Å². The maximum atomic E-state index is 13.1. The molecule has 1 N–H and O–H groups in total. The van der Waals surface area contributed by atoms with Crippen LogP contribution in [0.25, 0.3) is 17.1 Å². The number of para-hydroxylation sites is 1. The van der Waals surface area contributed by atoms with Crippen LogP contribution in [0.1, 0.15) is 31.0 Å². The molecule has 0 radical (unpaired) electrons. The van der Waals surface area contributed by atoms with E-state index in [1.165, 1.54) is 22.0 Å². The van der Waals surface area contributed by atoms with Gasteiger partial charge in [0.2, 0.25) is 5.91 Å². The molecule has 2 aromatic heterocycles. The smallest absolute Gasteiger partial charge is 0.295 e. The molecular weight excluding hydrogens is 472 g/mol. The molecule has 8 nitrogen and oxygen atoms in total. The van der Waals surface area contributed by atoms with E-state index in [4.69, 9.17) is 0 Å². The number of nitrogens with one attached hydrogen (secondary N) is 1. The molecule has 0 saturated carbocycles. The van der Waals surface area contributed by atoms with Gasteiger partial charge in [0.1, 0.15) is 5.69 Å². The minimum absolute atomic E-state index is 0.0840. The summed E-state index contributed by atoms with van der Waals surface area (Å²) in [6, 6.07) is 17.6. The van der Waals surface area contributed by atoms with E-state index in [0.29, 0.717) is 23.3 Å². The van der Waals surface area contributed by atoms with Gasteiger partial charge < -0.3 is 5.32 Å². The summed E-state index contributed by atoms with van der Waals surface area (Å²) >= 11 is 1.27. The lowest BCUT2D eigenvalue weighted by atomic mass is 10.0. The summed E-state index contributed by atoms with van der Waals surface area (Å²) in [5.41, 5.74) is 3.60. The van der Waals surface area contributed by atoms with Crippen LogP contribution in [0.15, 0.2) is 77.2 Å². The Balaban J connectivity index is 1.51. The first-order valence-electron chi connectivity index (χ1n) is 11.7. The molecular formula is C27H30N6O2S. The van der Waals surface area contributed by atoms with Gasteiger partial charge in [0, 0.05) is 19.2 Å². The number of carbonyl (C=O) groups excluding carboxylic acids is 1. The lowest BCUT2D eigenvalue weighted by Gasteiger charge is -2.09. The predicted molar refractivity (Wildman–Crippen MR) is 145 cm³/mol. The number of hydrogen-bond donors (Lipinski definition) is 1. The van der Waals surface area contributed by atoms with Crippen LogP contribution in [0.3, 0.4) is 0 Å². The lowest BCUT2D eigenvalue weighted by Crippen LogP contribution is -2.23. The topological polar surface area (TPSA) is 86.7 Å². The van der Waals surface area contributed by atoms with E-state index in [-0.39, 0.29) is 22.9 Å². The lowest BCUT2D eigenvalue weighted by molar-refractivity contribution is -0.113. The van der Waals surface area contributed by atoms with Gasteiger partial charge in [0.15, 0.2) is 11.0 Å². The summed E-state index contributed by atoms with van der Waals surface area (Å²) in [5.74, 6) is 0.959. The Labute approximate surface area is 214 Å². The van der Waals surface area contributed by atoms with Crippen molar-refractivity contribution in [2.75, 3.05) is 11.1 Å². The third-order valence-corrected chi connectivity index (χ3v) is 6.98. The molecule has 186 valence electrons. The maximum absolute atomic E-state index is 13.1. The van der Waals surface area contributed by atoms with Gasteiger partial charge in [-0.3, -0.25) is 18.8 Å². The molecule has 2 aromatic carbocycles. The largest absolute Gasteiger partial charge is 0.319 e. The summed E-state index contributed by atoms with van der Waals surface area (Å²) in [7, 11) is 1.79. The Morgan fingerprint density at radius 3 is 2.44 bits per heavy atom. The Bertz CT molecular complexity index is 1430. The molecule has 0 aliphatic carbocycles. The van der Waals surface area contributed by atoms with E-state index in [0.717, 1.165) is 17.1 Å². The third kappa shape index (κ3) is 5.06. The van der Waals surface area contributed by atoms with Crippen LogP contribution in [-0.2, 0) is 18.4 Å². The van der Waals surface area contributed by atoms with E-state index in [2.05, 4.69) is 48.1 Å². The number of anilines is 1. The second-order valence-electron chi connectivity index (χ2n) is 8.76. The van der Waals surface area contributed by atoms with Gasteiger partial charge in [-0.15, -0.1) is 16.8 Å². The molecule has 36 heavy (non-hydrogen) atoms. The molecule has 9 heteroatoms. The van der Waals surface area contributed by atoms with Crippen molar-refractivity contribution in [2.24, 2.45) is 7.05 Å². The number of aromatic nitrogens is 5. The van der Waals surface area contributed by atoms with Gasteiger partial charge in [-0.2, -0.15) is 0 Å². The highest BCUT2D eigenvalue weighted by molar-refractivity contribution is 7.99. The monoisotopic (exact) mass is 502 g/mol. The van der Waals surface area contributed by atoms with Crippen LogP contribution in [0.2, 0.25) is 0 Å². The van der Waals surface area contributed by atoms with Crippen molar-refractivity contribution in [3.8, 4) is 17.1 Å². The van der Waals surface area contributed by atoms with Crippen LogP contribution < -0.4 is 10.9 Å². The van der Waals surface area contributed by atoms with E-state index in [1.807, 2.05) is 47.0 Å². The van der Waals surface area contributed by atoms with E-state index in [9.17, 15) is 9.59 Å². The molecule has 0 fully saturated rings. The molecule has 0 bridgehead atoms. The first-order chi connectivity index (χ1) is 17.3. The van der Waals surface area contributed by atoms with E-state index >= 15 is 0 Å². The number of benzene rings is 2. The maximum Gasteiger partial charge on any atom is 0.295 e. The van der Waals surface area contributed by atoms with Crippen LogP contribution in [0.4, 0.5) is 5.69 Å². The number of nitrogens with zero attached hydrogens (tertiary/aromatic N) is 5. The fourth-order valence-electron chi connectivity index (χ4n) is 3.94. The van der Waals surface area contributed by atoms with Gasteiger partial charge in [0.25, 0.3) is 5.56 Å². The zero-order chi connectivity index (χ0) is 25.8. The first-order valence-corrected chi connectivity index (χ1v) is 12.7. The number of allylic oxidation sites excluding steroid dienone is 1. The van der Waals surface area contributed by atoms with Gasteiger partial charge in [-0.05, 0) is 30.5 Å². The van der Waals surface area contributed by atoms with Crippen molar-refractivity contribution in [3.05, 3.63) is 88.9 Å². The van der Waals surface area contributed by atoms with Crippen LogP contribution >= 0.6 is 11.8 Å². The highest BCUT2D eigenvalue weighted by Gasteiger charge is 2.20. The van der Waals surface area contributed by atoms with Crippen molar-refractivity contribution in [1.82, 2.24) is 24.1 Å². The van der Waals surface area contributed by atoms with E-state index < -0.39 is 0 Å². The van der Waals surface area contributed by atoms with Gasteiger partial charge in [-0.25, -0.2) is 4.68 Å². The van der Waals surface area contributed by atoms with Crippen molar-refractivity contribution in [3.63, 3.8) is 0 Å². The average molecular weight is 503 g/mol. The number of rotatable bonds is 9. The molecule has 4 rings (SSSR count). The number of amides is 1. The summed E-state index contributed by atoms with van der Waals surface area (Å²) in [5, 5.41) is 12.1. The third-order valence-electron chi connectivity index (χ3n) is 6.02. The summed E-state index contributed by atoms with van der Waals surface area (Å²) in [4.78, 5) is 25.9. The van der Waals surface area contributed by atoms with Crippen LogP contribution in [-0.4, -0.2) is 35.8 Å². The zero-order valence-electron chi connectivity index (χ0n) is 20.9. The molecule has 0 aliphatic rings. The van der Waals surface area contributed by atoms with E-state index in [1.54, 1.807) is 24.7 Å². The number of hydrogen-bond acceptors (Lipinski definition) is 5. The molecule has 0 unspecified atom stereocenters. The Morgan fingerprint density at radius 2 is 1.81 bits per heavy atom.